The van der Waals surface area contributed by atoms with Gasteiger partial charge < -0.3 is 15.4 Å². The van der Waals surface area contributed by atoms with Crippen molar-refractivity contribution in [2.75, 3.05) is 10.6 Å². The third-order valence-electron chi connectivity index (χ3n) is 4.17. The van der Waals surface area contributed by atoms with Gasteiger partial charge in [-0.15, -0.1) is 0 Å². The number of hydrogen-bond acceptors (Lipinski definition) is 6. The van der Waals surface area contributed by atoms with E-state index in [1.54, 1.807) is 18.2 Å². The van der Waals surface area contributed by atoms with Crippen LogP contribution in [0.5, 0.6) is 5.75 Å². The van der Waals surface area contributed by atoms with E-state index in [-0.39, 0.29) is 5.91 Å². The molecule has 0 saturated carbocycles. The Hall–Kier alpha value is -3.74. The minimum Gasteiger partial charge on any atom is -0.427 e. The van der Waals surface area contributed by atoms with Crippen molar-refractivity contribution in [2.45, 2.75) is 27.2 Å². The Labute approximate surface area is 169 Å². The summed E-state index contributed by atoms with van der Waals surface area (Å²) in [5.41, 5.74) is 3.75. The Morgan fingerprint density at radius 3 is 2.62 bits per heavy atom. The minimum atomic E-state index is -0.436. The standard InChI is InChI=1S/C22H22N4O3/c1-4-16-8-9-18(25-21-10-14(2)23-13-24-21)12-20(16)26-22(28)17-6-5-7-19(11-17)29-15(3)27/h5-13H,4H2,1-3H3,(H,26,28)(H,23,24,25). The molecule has 0 aliphatic rings. The summed E-state index contributed by atoms with van der Waals surface area (Å²) >= 11 is 0. The zero-order chi connectivity index (χ0) is 20.8. The molecule has 0 radical (unpaired) electrons. The van der Waals surface area contributed by atoms with Gasteiger partial charge in [0.25, 0.3) is 5.91 Å². The zero-order valence-corrected chi connectivity index (χ0v) is 16.5. The molecule has 0 aliphatic carbocycles. The second-order valence-electron chi connectivity index (χ2n) is 6.47. The number of aryl methyl sites for hydroxylation is 2. The van der Waals surface area contributed by atoms with Crippen molar-refractivity contribution in [3.05, 3.63) is 71.7 Å². The molecular weight excluding hydrogens is 368 g/mol. The number of amides is 1. The molecule has 148 valence electrons. The molecule has 1 aromatic heterocycles. The Balaban J connectivity index is 1.82. The monoisotopic (exact) mass is 390 g/mol. The van der Waals surface area contributed by atoms with E-state index in [1.807, 2.05) is 38.1 Å². The minimum absolute atomic E-state index is 0.288. The van der Waals surface area contributed by atoms with Crippen LogP contribution in [0.1, 0.15) is 35.5 Å². The first kappa shape index (κ1) is 20.0. The van der Waals surface area contributed by atoms with Crippen LogP contribution in [0.3, 0.4) is 0 Å². The summed E-state index contributed by atoms with van der Waals surface area (Å²) in [4.78, 5) is 32.2. The smallest absolute Gasteiger partial charge is 0.308 e. The lowest BCUT2D eigenvalue weighted by molar-refractivity contribution is -0.131. The number of rotatable bonds is 6. The van der Waals surface area contributed by atoms with Crippen LogP contribution in [0.2, 0.25) is 0 Å². The SMILES string of the molecule is CCc1ccc(Nc2cc(C)ncn2)cc1NC(=O)c1cccc(OC(C)=O)c1. The van der Waals surface area contributed by atoms with Crippen LogP contribution in [-0.4, -0.2) is 21.8 Å². The summed E-state index contributed by atoms with van der Waals surface area (Å²) < 4.78 is 5.05. The van der Waals surface area contributed by atoms with Crippen LogP contribution >= 0.6 is 0 Å². The predicted octanol–water partition coefficient (Wildman–Crippen LogP) is 4.27. The number of ether oxygens (including phenoxy) is 1. The van der Waals surface area contributed by atoms with E-state index < -0.39 is 5.97 Å². The van der Waals surface area contributed by atoms with E-state index in [2.05, 4.69) is 20.6 Å². The highest BCUT2D eigenvalue weighted by atomic mass is 16.5. The van der Waals surface area contributed by atoms with Crippen molar-refractivity contribution in [1.29, 1.82) is 0 Å². The van der Waals surface area contributed by atoms with E-state index in [9.17, 15) is 9.59 Å². The molecule has 3 aromatic rings. The number of aromatic nitrogens is 2. The maximum Gasteiger partial charge on any atom is 0.308 e. The van der Waals surface area contributed by atoms with Crippen LogP contribution in [0, 0.1) is 6.92 Å². The second-order valence-corrected chi connectivity index (χ2v) is 6.47. The molecule has 0 saturated heterocycles. The van der Waals surface area contributed by atoms with Gasteiger partial charge in [-0.25, -0.2) is 9.97 Å². The van der Waals surface area contributed by atoms with Crippen LogP contribution in [-0.2, 0) is 11.2 Å². The lowest BCUT2D eigenvalue weighted by atomic mass is 10.1. The van der Waals surface area contributed by atoms with Crippen molar-refractivity contribution in [2.24, 2.45) is 0 Å². The zero-order valence-electron chi connectivity index (χ0n) is 16.5. The highest BCUT2D eigenvalue weighted by molar-refractivity contribution is 6.05. The number of benzene rings is 2. The maximum absolute atomic E-state index is 12.7. The maximum atomic E-state index is 12.7. The highest BCUT2D eigenvalue weighted by Crippen LogP contribution is 2.25. The van der Waals surface area contributed by atoms with Crippen LogP contribution in [0.4, 0.5) is 17.2 Å². The van der Waals surface area contributed by atoms with Gasteiger partial charge in [0.2, 0.25) is 0 Å². The number of carbonyl (C=O) groups is 2. The molecule has 0 spiro atoms. The summed E-state index contributed by atoms with van der Waals surface area (Å²) in [6.45, 7) is 5.23. The van der Waals surface area contributed by atoms with E-state index in [4.69, 9.17) is 4.74 Å². The molecule has 7 nitrogen and oxygen atoms in total. The quantitative estimate of drug-likeness (QED) is 0.482. The van der Waals surface area contributed by atoms with Crippen molar-refractivity contribution in [3.8, 4) is 5.75 Å². The Kier molecular flexibility index (Phi) is 6.19. The number of carbonyl (C=O) groups excluding carboxylic acids is 2. The van der Waals surface area contributed by atoms with Gasteiger partial charge in [-0.3, -0.25) is 9.59 Å². The van der Waals surface area contributed by atoms with Gasteiger partial charge in [0.05, 0.1) is 0 Å². The fraction of sp³-hybridized carbons (Fsp3) is 0.182. The van der Waals surface area contributed by atoms with Gasteiger partial charge >= 0.3 is 5.97 Å². The molecule has 2 aromatic carbocycles. The predicted molar refractivity (Wildman–Crippen MR) is 112 cm³/mol. The summed E-state index contributed by atoms with van der Waals surface area (Å²) in [5.74, 6) is 0.279. The summed E-state index contributed by atoms with van der Waals surface area (Å²) in [6.07, 6.45) is 2.26. The third-order valence-corrected chi connectivity index (χ3v) is 4.17. The molecule has 0 fully saturated rings. The largest absolute Gasteiger partial charge is 0.427 e. The molecule has 0 aliphatic heterocycles. The topological polar surface area (TPSA) is 93.2 Å². The lowest BCUT2D eigenvalue weighted by Crippen LogP contribution is -2.14. The molecule has 29 heavy (non-hydrogen) atoms. The van der Waals surface area contributed by atoms with Gasteiger partial charge in [0, 0.05) is 35.6 Å². The van der Waals surface area contributed by atoms with Crippen molar-refractivity contribution >= 4 is 29.1 Å². The van der Waals surface area contributed by atoms with Gasteiger partial charge in [0.15, 0.2) is 0 Å². The fourth-order valence-electron chi connectivity index (χ4n) is 2.81. The fourth-order valence-corrected chi connectivity index (χ4v) is 2.81. The molecule has 0 atom stereocenters. The van der Waals surface area contributed by atoms with Crippen molar-refractivity contribution < 1.29 is 14.3 Å². The molecule has 0 unspecified atom stereocenters. The number of hydrogen-bond donors (Lipinski definition) is 2. The molecular formula is C22H22N4O3. The molecule has 3 rings (SSSR count). The second kappa shape index (κ2) is 8.97. The molecule has 0 bridgehead atoms. The first-order valence-corrected chi connectivity index (χ1v) is 9.23. The Morgan fingerprint density at radius 2 is 1.90 bits per heavy atom. The number of nitrogens with zero attached hydrogens (tertiary/aromatic N) is 2. The van der Waals surface area contributed by atoms with E-state index in [0.717, 1.165) is 23.4 Å². The Morgan fingerprint density at radius 1 is 1.07 bits per heavy atom. The highest BCUT2D eigenvalue weighted by Gasteiger charge is 2.11. The van der Waals surface area contributed by atoms with Gasteiger partial charge in [-0.2, -0.15) is 0 Å². The van der Waals surface area contributed by atoms with Crippen LogP contribution in [0.25, 0.3) is 0 Å². The van der Waals surface area contributed by atoms with Crippen LogP contribution < -0.4 is 15.4 Å². The first-order chi connectivity index (χ1) is 13.9. The Bertz CT molecular complexity index is 1050. The normalized spacial score (nSPS) is 10.3. The molecule has 1 amide bonds. The summed E-state index contributed by atoms with van der Waals surface area (Å²) in [6, 6.07) is 14.1. The lowest BCUT2D eigenvalue weighted by Gasteiger charge is -2.14. The number of nitrogens with one attached hydrogen (secondary N) is 2. The van der Waals surface area contributed by atoms with Crippen LogP contribution in [0.15, 0.2) is 54.9 Å². The van der Waals surface area contributed by atoms with E-state index >= 15 is 0 Å². The van der Waals surface area contributed by atoms with Gasteiger partial charge in [-0.1, -0.05) is 19.1 Å². The van der Waals surface area contributed by atoms with E-state index in [0.29, 0.717) is 22.8 Å². The molecule has 2 N–H and O–H groups in total. The molecule has 7 heteroatoms. The average Bonchev–Trinajstić information content (AvgIpc) is 2.68. The number of esters is 1. The van der Waals surface area contributed by atoms with Gasteiger partial charge in [-0.05, 0) is 49.2 Å². The third kappa shape index (κ3) is 5.38. The van der Waals surface area contributed by atoms with E-state index in [1.165, 1.54) is 19.3 Å². The van der Waals surface area contributed by atoms with Gasteiger partial charge in [0.1, 0.15) is 17.9 Å². The number of anilines is 3. The summed E-state index contributed by atoms with van der Waals surface area (Å²) in [5, 5.41) is 6.16. The summed E-state index contributed by atoms with van der Waals surface area (Å²) in [7, 11) is 0. The first-order valence-electron chi connectivity index (χ1n) is 9.23. The van der Waals surface area contributed by atoms with Crippen molar-refractivity contribution in [3.63, 3.8) is 0 Å². The van der Waals surface area contributed by atoms with Crippen molar-refractivity contribution in [1.82, 2.24) is 9.97 Å². The molecule has 1 heterocycles. The average molecular weight is 390 g/mol.